The van der Waals surface area contributed by atoms with Gasteiger partial charge >= 0.3 is 14.8 Å². The quantitative estimate of drug-likeness (QED) is 0.361. The zero-order chi connectivity index (χ0) is 7.15. The van der Waals surface area contributed by atoms with Crippen LogP contribution in [-0.2, 0) is 11.4 Å². The Bertz CT molecular complexity index is 52.8. The van der Waals surface area contributed by atoms with Crippen LogP contribution in [0.4, 0.5) is 0 Å². The standard InChI is InChI=1S/BrHO3.H2O3S/c2-1(3)4;1-4(2)3/h2H;(H2,1,2,3). The van der Waals surface area contributed by atoms with Gasteiger partial charge in [0, 0.05) is 0 Å². The lowest BCUT2D eigenvalue weighted by Crippen LogP contribution is -2.30. The lowest BCUT2D eigenvalue weighted by molar-refractivity contribution is -1.63. The van der Waals surface area contributed by atoms with Crippen LogP contribution in [0, 0.1) is 14.8 Å². The van der Waals surface area contributed by atoms with Gasteiger partial charge in [-0.15, -0.1) is 0 Å². The zero-order valence-corrected chi connectivity index (χ0v) is 5.76. The van der Waals surface area contributed by atoms with Crippen LogP contribution in [0.15, 0.2) is 0 Å². The van der Waals surface area contributed by atoms with E-state index in [1.165, 1.54) is 0 Å². The molecule has 52 valence electrons. The van der Waals surface area contributed by atoms with Crippen LogP contribution < -0.4 is 8.40 Å². The number of halogens is 1. The van der Waals surface area contributed by atoms with E-state index in [1.54, 1.807) is 0 Å². The highest BCUT2D eigenvalue weighted by atomic mass is 80.0. The van der Waals surface area contributed by atoms with Crippen molar-refractivity contribution in [2.75, 3.05) is 0 Å². The number of hydrogen-bond acceptors (Lipinski definition) is 4. The molecular formula is H3BrO6S. The Kier molecular flexibility index (Phi) is 10.5. The van der Waals surface area contributed by atoms with Gasteiger partial charge in [0.15, 0.2) is 0 Å². The third kappa shape index (κ3) is 1030. The summed E-state index contributed by atoms with van der Waals surface area (Å²) in [6.45, 7) is 0. The fourth-order valence-corrected chi connectivity index (χ4v) is 0. The maximum absolute atomic E-state index is 8.67. The first-order chi connectivity index (χ1) is 3.46. The van der Waals surface area contributed by atoms with E-state index in [2.05, 4.69) is 0 Å². The van der Waals surface area contributed by atoms with Crippen molar-refractivity contribution in [1.29, 1.82) is 0 Å². The highest BCUT2D eigenvalue weighted by Gasteiger charge is 1.86. The minimum absolute atomic E-state index is 2.61. The summed E-state index contributed by atoms with van der Waals surface area (Å²) in [7, 11) is 0. The molecule has 8 heavy (non-hydrogen) atoms. The van der Waals surface area contributed by atoms with Gasteiger partial charge in [-0.1, -0.05) is 0 Å². The van der Waals surface area contributed by atoms with Gasteiger partial charge in [0.1, 0.15) is 0 Å². The third-order valence-corrected chi connectivity index (χ3v) is 0. The van der Waals surface area contributed by atoms with Crippen LogP contribution in [0.5, 0.6) is 0 Å². The van der Waals surface area contributed by atoms with Crippen molar-refractivity contribution in [2.45, 2.75) is 0 Å². The van der Waals surface area contributed by atoms with Crippen LogP contribution in [0.3, 0.4) is 0 Å². The van der Waals surface area contributed by atoms with E-state index >= 15 is 0 Å². The fraction of sp³-hybridized carbons (Fsp3) is 0. The first kappa shape index (κ1) is 11.3. The molecule has 8 heteroatoms. The first-order valence-electron chi connectivity index (χ1n) is 1.01. The SMILES string of the molecule is O=S(O)O.[O-][Br+2]([O-])O. The van der Waals surface area contributed by atoms with Crippen LogP contribution in [-0.4, -0.2) is 17.5 Å². The van der Waals surface area contributed by atoms with E-state index < -0.39 is 26.2 Å². The molecule has 0 bridgehead atoms. The van der Waals surface area contributed by atoms with Crippen molar-refractivity contribution >= 4 is 11.4 Å². The maximum atomic E-state index is 8.67. The Hall–Kier alpha value is 0.430. The summed E-state index contributed by atoms with van der Waals surface area (Å²) < 4.78 is 47.1. The summed E-state index contributed by atoms with van der Waals surface area (Å²) in [5.41, 5.74) is 0. The van der Waals surface area contributed by atoms with E-state index in [1.807, 2.05) is 0 Å². The van der Waals surface area contributed by atoms with Crippen LogP contribution in [0.25, 0.3) is 0 Å². The largest absolute Gasteiger partial charge is 0.433 e. The van der Waals surface area contributed by atoms with Crippen molar-refractivity contribution in [3.05, 3.63) is 0 Å². The van der Waals surface area contributed by atoms with E-state index in [9.17, 15) is 0 Å². The first-order valence-corrected chi connectivity index (χ1v) is 4.08. The lowest BCUT2D eigenvalue weighted by atomic mass is 15.8. The fourth-order valence-electron chi connectivity index (χ4n) is 0. The molecular weight excluding hydrogens is 208 g/mol. The molecule has 0 fully saturated rings. The molecule has 0 saturated carbocycles. The lowest BCUT2D eigenvalue weighted by Gasteiger charge is -1.69. The van der Waals surface area contributed by atoms with E-state index in [0.717, 1.165) is 0 Å². The number of rotatable bonds is 0. The predicted octanol–water partition coefficient (Wildman–Crippen LogP) is -3.25. The summed E-state index contributed by atoms with van der Waals surface area (Å²) in [4.78, 5) is 0. The zero-order valence-electron chi connectivity index (χ0n) is 3.35. The van der Waals surface area contributed by atoms with Gasteiger partial charge in [-0.2, -0.15) is 4.21 Å². The van der Waals surface area contributed by atoms with Gasteiger partial charge in [-0.05, 0) is 4.20 Å². The maximum Gasteiger partial charge on any atom is 0.433 e. The van der Waals surface area contributed by atoms with Crippen molar-refractivity contribution in [3.8, 4) is 0 Å². The molecule has 0 aliphatic heterocycles. The Morgan fingerprint density at radius 3 is 1.38 bits per heavy atom. The van der Waals surface area contributed by atoms with Gasteiger partial charge in [-0.25, -0.2) is 0 Å². The van der Waals surface area contributed by atoms with Gasteiger partial charge in [0.25, 0.3) is 11.4 Å². The van der Waals surface area contributed by atoms with Crippen LogP contribution >= 0.6 is 0 Å². The normalized spacial score (nSPS) is 8.88. The van der Waals surface area contributed by atoms with Crippen molar-refractivity contribution < 1.29 is 40.7 Å². The highest BCUT2D eigenvalue weighted by molar-refractivity contribution is 7.73. The molecule has 0 saturated heterocycles. The molecule has 6 nitrogen and oxygen atoms in total. The van der Waals surface area contributed by atoms with Crippen LogP contribution in [0.2, 0.25) is 0 Å². The molecule has 0 aliphatic rings. The molecule has 0 atom stereocenters. The average Bonchev–Trinajstić information content (AvgIpc) is 1.25. The molecule has 0 heterocycles. The van der Waals surface area contributed by atoms with Gasteiger partial charge in [0.2, 0.25) is 0 Å². The molecule has 0 aromatic heterocycles. The molecule has 0 amide bonds. The van der Waals surface area contributed by atoms with E-state index in [0.29, 0.717) is 0 Å². The number of hydrogen-bond donors (Lipinski definition) is 3. The highest BCUT2D eigenvalue weighted by Crippen LogP contribution is 1.44. The summed E-state index contributed by atoms with van der Waals surface area (Å²) >= 11 is -6.01. The molecule has 3 N–H and O–H groups in total. The Balaban J connectivity index is 0. The monoisotopic (exact) mass is 210 g/mol. The minimum atomic E-state index is -3.40. The Morgan fingerprint density at radius 2 is 1.38 bits per heavy atom. The third-order valence-electron chi connectivity index (χ3n) is 0. The Morgan fingerprint density at radius 1 is 1.38 bits per heavy atom. The molecule has 0 aliphatic carbocycles. The molecule has 0 aromatic carbocycles. The summed E-state index contributed by atoms with van der Waals surface area (Å²) in [6.07, 6.45) is 0. The molecule has 0 radical (unpaired) electrons. The van der Waals surface area contributed by atoms with Crippen molar-refractivity contribution in [2.24, 2.45) is 0 Å². The van der Waals surface area contributed by atoms with Crippen molar-refractivity contribution in [1.82, 2.24) is 0 Å². The molecule has 0 rings (SSSR count). The molecule has 0 unspecified atom stereocenters. The second kappa shape index (κ2) is 7.43. The predicted molar refractivity (Wildman–Crippen MR) is 15.6 cm³/mol. The van der Waals surface area contributed by atoms with Gasteiger partial charge < -0.3 is 8.40 Å². The van der Waals surface area contributed by atoms with Gasteiger partial charge in [0.05, 0.1) is 0 Å². The second-order valence-corrected chi connectivity index (χ2v) is 1.74. The van der Waals surface area contributed by atoms with E-state index in [-0.39, 0.29) is 0 Å². The summed E-state index contributed by atoms with van der Waals surface area (Å²) in [6, 6.07) is 0. The van der Waals surface area contributed by atoms with E-state index in [4.69, 9.17) is 25.9 Å². The molecule has 0 aromatic rings. The smallest absolute Gasteiger partial charge is 0.372 e. The minimum Gasteiger partial charge on any atom is -0.372 e. The average molecular weight is 211 g/mol. The topological polar surface area (TPSA) is 124 Å². The molecule has 0 spiro atoms. The summed E-state index contributed by atoms with van der Waals surface area (Å²) in [5, 5.41) is 0. The van der Waals surface area contributed by atoms with Gasteiger partial charge in [-0.3, -0.25) is 9.11 Å². The Labute approximate surface area is 52.7 Å². The van der Waals surface area contributed by atoms with Crippen LogP contribution in [0.1, 0.15) is 0 Å². The van der Waals surface area contributed by atoms with Crippen molar-refractivity contribution in [3.63, 3.8) is 0 Å². The summed E-state index contributed by atoms with van der Waals surface area (Å²) in [5.74, 6) is 0. The second-order valence-electron chi connectivity index (χ2n) is 0.432.